The second-order valence-corrected chi connectivity index (χ2v) is 6.21. The van der Waals surface area contributed by atoms with E-state index in [1.54, 1.807) is 26.0 Å². The van der Waals surface area contributed by atoms with Crippen LogP contribution in [0, 0.1) is 0 Å². The summed E-state index contributed by atoms with van der Waals surface area (Å²) >= 11 is 0. The van der Waals surface area contributed by atoms with Crippen LogP contribution in [0.5, 0.6) is 0 Å². The van der Waals surface area contributed by atoms with Crippen LogP contribution < -0.4 is 15.8 Å². The van der Waals surface area contributed by atoms with Crippen LogP contribution in [-0.2, 0) is 15.0 Å². The number of halogens is 1. The first kappa shape index (κ1) is 18.9. The van der Waals surface area contributed by atoms with E-state index in [-0.39, 0.29) is 24.7 Å². The van der Waals surface area contributed by atoms with E-state index >= 15 is 0 Å². The lowest BCUT2D eigenvalue weighted by Crippen LogP contribution is -2.28. The van der Waals surface area contributed by atoms with Crippen LogP contribution in [-0.4, -0.2) is 25.0 Å². The third-order valence-electron chi connectivity index (χ3n) is 3.10. The second kappa shape index (κ2) is 7.42. The first-order valence-electron chi connectivity index (χ1n) is 6.57. The second-order valence-electron chi connectivity index (χ2n) is 4.88. The highest BCUT2D eigenvalue weighted by molar-refractivity contribution is 7.88. The summed E-state index contributed by atoms with van der Waals surface area (Å²) in [6, 6.07) is 3.25. The van der Waals surface area contributed by atoms with Gasteiger partial charge in [0.1, 0.15) is 5.82 Å². The molecule has 2 rings (SSSR count). The quantitative estimate of drug-likeness (QED) is 0.748. The Balaban J connectivity index is 0.00000264. The first-order chi connectivity index (χ1) is 10.3. The third-order valence-corrected chi connectivity index (χ3v) is 4.18. The zero-order valence-electron chi connectivity index (χ0n) is 12.7. The SMILES string of the molecule is CC1=NS(=O)(=O)NC(C)=C1CCC(=O)Nc1ccc(N)nc1.Cl. The predicted octanol–water partition coefficient (Wildman–Crippen LogP) is 1.39. The molecule has 0 aromatic carbocycles. The molecule has 0 unspecified atom stereocenters. The van der Waals surface area contributed by atoms with Gasteiger partial charge in [-0.05, 0) is 38.0 Å². The fourth-order valence-corrected chi connectivity index (χ4v) is 3.12. The lowest BCUT2D eigenvalue weighted by atomic mass is 10.0. The highest BCUT2D eigenvalue weighted by Gasteiger charge is 2.20. The van der Waals surface area contributed by atoms with Crippen molar-refractivity contribution in [2.45, 2.75) is 26.7 Å². The number of carbonyl (C=O) groups excluding carboxylic acids is 1. The van der Waals surface area contributed by atoms with E-state index in [9.17, 15) is 13.2 Å². The molecule has 1 amide bonds. The van der Waals surface area contributed by atoms with Crippen LogP contribution in [0.1, 0.15) is 26.7 Å². The highest BCUT2D eigenvalue weighted by atomic mass is 35.5. The van der Waals surface area contributed by atoms with Crippen LogP contribution in [0.25, 0.3) is 0 Å². The number of pyridine rings is 1. The Morgan fingerprint density at radius 1 is 1.35 bits per heavy atom. The molecule has 10 heteroatoms. The maximum Gasteiger partial charge on any atom is 0.342 e. The largest absolute Gasteiger partial charge is 0.384 e. The van der Waals surface area contributed by atoms with Crippen LogP contribution in [0.4, 0.5) is 11.5 Å². The molecule has 126 valence electrons. The molecule has 4 N–H and O–H groups in total. The van der Waals surface area contributed by atoms with Crippen molar-refractivity contribution in [1.29, 1.82) is 0 Å². The van der Waals surface area contributed by atoms with Gasteiger partial charge in [-0.25, -0.2) is 4.98 Å². The fourth-order valence-electron chi connectivity index (χ4n) is 2.09. The van der Waals surface area contributed by atoms with E-state index in [1.807, 2.05) is 0 Å². The Hall–Kier alpha value is -2.13. The van der Waals surface area contributed by atoms with Gasteiger partial charge in [0, 0.05) is 12.1 Å². The van der Waals surface area contributed by atoms with Crippen molar-refractivity contribution >= 4 is 45.7 Å². The molecule has 2 heterocycles. The van der Waals surface area contributed by atoms with E-state index in [0.29, 0.717) is 29.3 Å². The van der Waals surface area contributed by atoms with Crippen molar-refractivity contribution in [3.8, 4) is 0 Å². The number of hydrogen-bond donors (Lipinski definition) is 3. The topological polar surface area (TPSA) is 127 Å². The molecule has 8 nitrogen and oxygen atoms in total. The summed E-state index contributed by atoms with van der Waals surface area (Å²) in [5, 5.41) is 2.70. The summed E-state index contributed by atoms with van der Waals surface area (Å²) < 4.78 is 28.7. The summed E-state index contributed by atoms with van der Waals surface area (Å²) in [6.07, 6.45) is 2.06. The Labute approximate surface area is 140 Å². The average molecular weight is 360 g/mol. The minimum atomic E-state index is -3.65. The number of carbonyl (C=O) groups is 1. The number of nitrogens with zero attached hydrogens (tertiary/aromatic N) is 2. The average Bonchev–Trinajstić information content (AvgIpc) is 2.39. The number of amides is 1. The molecule has 1 aliphatic heterocycles. The number of aromatic nitrogens is 1. The molecule has 0 fully saturated rings. The van der Waals surface area contributed by atoms with Gasteiger partial charge >= 0.3 is 10.2 Å². The fraction of sp³-hybridized carbons (Fsp3) is 0.308. The maximum absolute atomic E-state index is 11.9. The molecule has 1 aliphatic rings. The number of nitrogens with two attached hydrogens (primary N) is 1. The minimum Gasteiger partial charge on any atom is -0.384 e. The lowest BCUT2D eigenvalue weighted by Gasteiger charge is -2.17. The van der Waals surface area contributed by atoms with Gasteiger partial charge in [-0.1, -0.05) is 0 Å². The molecule has 1 aromatic heterocycles. The van der Waals surface area contributed by atoms with Crippen LogP contribution in [0.2, 0.25) is 0 Å². The number of rotatable bonds is 4. The zero-order valence-corrected chi connectivity index (χ0v) is 14.3. The molecule has 0 saturated heterocycles. The van der Waals surface area contributed by atoms with Crippen LogP contribution in [0.15, 0.2) is 34.0 Å². The molecule has 1 aromatic rings. The lowest BCUT2D eigenvalue weighted by molar-refractivity contribution is -0.116. The van der Waals surface area contributed by atoms with Gasteiger partial charge in [-0.15, -0.1) is 16.8 Å². The van der Waals surface area contributed by atoms with Gasteiger partial charge in [0.15, 0.2) is 0 Å². The van der Waals surface area contributed by atoms with Crippen molar-refractivity contribution in [2.24, 2.45) is 4.40 Å². The Bertz CT molecular complexity index is 756. The van der Waals surface area contributed by atoms with E-state index in [1.165, 1.54) is 6.20 Å². The summed E-state index contributed by atoms with van der Waals surface area (Å²) in [5.41, 5.74) is 7.64. The molecule has 23 heavy (non-hydrogen) atoms. The number of nitrogen functional groups attached to an aromatic ring is 1. The summed E-state index contributed by atoms with van der Waals surface area (Å²) in [6.45, 7) is 3.26. The molecule has 0 aliphatic carbocycles. The van der Waals surface area contributed by atoms with Crippen LogP contribution >= 0.6 is 12.4 Å². The normalized spacial score (nSPS) is 16.0. The van der Waals surface area contributed by atoms with Crippen molar-refractivity contribution in [3.05, 3.63) is 29.6 Å². The van der Waals surface area contributed by atoms with E-state index in [0.717, 1.165) is 5.57 Å². The highest BCUT2D eigenvalue weighted by Crippen LogP contribution is 2.18. The summed E-state index contributed by atoms with van der Waals surface area (Å²) in [7, 11) is -3.65. The molecular weight excluding hydrogens is 342 g/mol. The minimum absolute atomic E-state index is 0. The van der Waals surface area contributed by atoms with Gasteiger partial charge in [0.25, 0.3) is 0 Å². The Morgan fingerprint density at radius 3 is 2.61 bits per heavy atom. The van der Waals surface area contributed by atoms with Crippen molar-refractivity contribution in [3.63, 3.8) is 0 Å². The summed E-state index contributed by atoms with van der Waals surface area (Å²) in [5.74, 6) is 0.174. The van der Waals surface area contributed by atoms with Crippen molar-refractivity contribution in [2.75, 3.05) is 11.1 Å². The first-order valence-corrected chi connectivity index (χ1v) is 8.01. The number of anilines is 2. The Morgan fingerprint density at radius 2 is 2.04 bits per heavy atom. The number of nitrogens with one attached hydrogen (secondary N) is 2. The van der Waals surface area contributed by atoms with Crippen molar-refractivity contribution < 1.29 is 13.2 Å². The van der Waals surface area contributed by atoms with E-state index < -0.39 is 10.2 Å². The molecule has 0 saturated carbocycles. The predicted molar refractivity (Wildman–Crippen MR) is 91.6 cm³/mol. The number of allylic oxidation sites excluding steroid dienone is 2. The summed E-state index contributed by atoms with van der Waals surface area (Å²) in [4.78, 5) is 15.8. The van der Waals surface area contributed by atoms with Gasteiger partial charge in [-0.3, -0.25) is 9.52 Å². The molecule has 0 radical (unpaired) electrons. The number of hydrogen-bond acceptors (Lipinski definition) is 5. The van der Waals surface area contributed by atoms with Gasteiger partial charge in [-0.2, -0.15) is 8.42 Å². The van der Waals surface area contributed by atoms with E-state index in [2.05, 4.69) is 19.4 Å². The standard InChI is InChI=1S/C13H17N5O3S.ClH/c1-8-11(9(2)18-22(20,21)17-8)4-6-13(19)16-10-3-5-12(14)15-7-10;/h3,5,7,17H,4,6H2,1-2H3,(H2,14,15)(H,16,19);1H. The molecular formula is C13H18ClN5O3S. The monoisotopic (exact) mass is 359 g/mol. The molecule has 0 bridgehead atoms. The Kier molecular flexibility index (Phi) is 6.11. The molecule has 0 atom stereocenters. The molecule has 0 spiro atoms. The van der Waals surface area contributed by atoms with Crippen LogP contribution in [0.3, 0.4) is 0 Å². The van der Waals surface area contributed by atoms with E-state index in [4.69, 9.17) is 5.73 Å². The van der Waals surface area contributed by atoms with Gasteiger partial charge < -0.3 is 11.1 Å². The van der Waals surface area contributed by atoms with Gasteiger partial charge in [0.2, 0.25) is 5.91 Å². The smallest absolute Gasteiger partial charge is 0.342 e. The van der Waals surface area contributed by atoms with Gasteiger partial charge in [0.05, 0.1) is 17.6 Å². The third kappa shape index (κ3) is 5.22. The zero-order chi connectivity index (χ0) is 16.3. The maximum atomic E-state index is 11.9. The van der Waals surface area contributed by atoms with Crippen molar-refractivity contribution in [1.82, 2.24) is 9.71 Å².